The second kappa shape index (κ2) is 8.66. The Bertz CT molecular complexity index is 612. The first kappa shape index (κ1) is 18.9. The molecule has 0 spiro atoms. The Morgan fingerprint density at radius 2 is 1.73 bits per heavy atom. The van der Waals surface area contributed by atoms with Crippen LogP contribution < -0.4 is 15.5 Å². The lowest BCUT2D eigenvalue weighted by atomic mass is 9.96. The summed E-state index contributed by atoms with van der Waals surface area (Å²) in [6.07, 6.45) is 6.65. The molecule has 2 fully saturated rings. The second-order valence-electron chi connectivity index (χ2n) is 7.27. The molecule has 1 aliphatic heterocycles. The second-order valence-corrected chi connectivity index (χ2v) is 7.27. The van der Waals surface area contributed by atoms with Crippen LogP contribution in [0.5, 0.6) is 0 Å². The molecular formula is C19H27F2N3O2. The molecule has 2 atom stereocenters. The molecule has 144 valence electrons. The molecule has 2 aliphatic rings. The van der Waals surface area contributed by atoms with Gasteiger partial charge in [-0.25, -0.2) is 13.6 Å². The fourth-order valence-electron chi connectivity index (χ4n) is 4.01. The summed E-state index contributed by atoms with van der Waals surface area (Å²) in [5.41, 5.74) is 0.0761. The number of benzene rings is 1. The molecule has 1 heterocycles. The molecule has 2 amide bonds. The molecule has 0 radical (unpaired) electrons. The van der Waals surface area contributed by atoms with Crippen LogP contribution in [0.1, 0.15) is 44.9 Å². The van der Waals surface area contributed by atoms with Crippen molar-refractivity contribution in [2.75, 3.05) is 29.9 Å². The molecule has 1 aromatic rings. The number of carbonyl (C=O) groups excluding carboxylic acids is 1. The molecule has 3 rings (SSSR count). The van der Waals surface area contributed by atoms with Crippen molar-refractivity contribution in [2.45, 2.75) is 51.0 Å². The summed E-state index contributed by atoms with van der Waals surface area (Å²) in [6.45, 7) is 1.31. The number of nitrogens with zero attached hydrogens (tertiary/aromatic N) is 1. The first-order valence-electron chi connectivity index (χ1n) is 9.51. The summed E-state index contributed by atoms with van der Waals surface area (Å²) >= 11 is 0. The fraction of sp³-hybridized carbons (Fsp3) is 0.632. The fourth-order valence-corrected chi connectivity index (χ4v) is 4.01. The molecule has 1 aliphatic carbocycles. The smallest absolute Gasteiger partial charge is 0.319 e. The van der Waals surface area contributed by atoms with Crippen molar-refractivity contribution in [2.24, 2.45) is 5.92 Å². The lowest BCUT2D eigenvalue weighted by Crippen LogP contribution is -2.43. The molecule has 7 heteroatoms. The van der Waals surface area contributed by atoms with E-state index in [0.717, 1.165) is 57.1 Å². The molecule has 0 aromatic heterocycles. The Balaban J connectivity index is 1.65. The number of rotatable bonds is 4. The molecule has 26 heavy (non-hydrogen) atoms. The van der Waals surface area contributed by atoms with E-state index in [4.69, 9.17) is 0 Å². The lowest BCUT2D eigenvalue weighted by molar-refractivity contribution is 0.182. The minimum atomic E-state index is -0.662. The van der Waals surface area contributed by atoms with Gasteiger partial charge in [0.2, 0.25) is 0 Å². The standard InChI is InChI=1S/C19H27F2N3O2/c20-15-10-14(11-16(21)18(15)24-8-4-5-9-24)22-19(26)23-17-7-3-1-2-6-13(17)12-25/h10-11,13,17,25H,1-9,12H2,(H2,22,23,26)/t13-,17+/m0/s1. The molecule has 1 saturated heterocycles. The number of nitrogens with one attached hydrogen (secondary N) is 2. The molecule has 1 saturated carbocycles. The number of aliphatic hydroxyl groups is 1. The van der Waals surface area contributed by atoms with Crippen LogP contribution in [0, 0.1) is 17.6 Å². The summed E-state index contributed by atoms with van der Waals surface area (Å²) in [5, 5.41) is 14.9. The van der Waals surface area contributed by atoms with Crippen molar-refractivity contribution in [3.8, 4) is 0 Å². The summed E-state index contributed by atoms with van der Waals surface area (Å²) in [4.78, 5) is 14.0. The summed E-state index contributed by atoms with van der Waals surface area (Å²) in [5.74, 6) is -1.30. The van der Waals surface area contributed by atoms with E-state index < -0.39 is 17.7 Å². The van der Waals surface area contributed by atoms with Crippen molar-refractivity contribution < 1.29 is 18.7 Å². The van der Waals surface area contributed by atoms with Crippen molar-refractivity contribution in [3.63, 3.8) is 0 Å². The number of amides is 2. The highest BCUT2D eigenvalue weighted by Gasteiger charge is 2.25. The molecule has 0 unspecified atom stereocenters. The number of carbonyl (C=O) groups is 1. The third-order valence-corrected chi connectivity index (χ3v) is 5.41. The maximum absolute atomic E-state index is 14.4. The van der Waals surface area contributed by atoms with Crippen molar-refractivity contribution >= 4 is 17.4 Å². The zero-order chi connectivity index (χ0) is 18.5. The molecule has 1 aromatic carbocycles. The molecular weight excluding hydrogens is 340 g/mol. The Hall–Kier alpha value is -1.89. The number of hydrogen-bond donors (Lipinski definition) is 3. The lowest BCUT2D eigenvalue weighted by Gasteiger charge is -2.25. The Kier molecular flexibility index (Phi) is 6.29. The van der Waals surface area contributed by atoms with Gasteiger partial charge in [0, 0.05) is 37.3 Å². The van der Waals surface area contributed by atoms with Crippen LogP contribution >= 0.6 is 0 Å². The quantitative estimate of drug-likeness (QED) is 0.712. The molecule has 5 nitrogen and oxygen atoms in total. The monoisotopic (exact) mass is 367 g/mol. The van der Waals surface area contributed by atoms with Crippen molar-refractivity contribution in [3.05, 3.63) is 23.8 Å². The van der Waals surface area contributed by atoms with Gasteiger partial charge in [-0.05, 0) is 37.8 Å². The number of anilines is 2. The van der Waals surface area contributed by atoms with E-state index in [9.17, 15) is 18.7 Å². The van der Waals surface area contributed by atoms with Gasteiger partial charge in [-0.1, -0.05) is 19.3 Å². The van der Waals surface area contributed by atoms with Gasteiger partial charge in [0.1, 0.15) is 5.69 Å². The topological polar surface area (TPSA) is 64.6 Å². The number of hydrogen-bond acceptors (Lipinski definition) is 3. The van der Waals surface area contributed by atoms with Gasteiger partial charge in [-0.2, -0.15) is 0 Å². The predicted molar refractivity (Wildman–Crippen MR) is 97.4 cm³/mol. The van der Waals surface area contributed by atoms with Crippen LogP contribution in [0.25, 0.3) is 0 Å². The SMILES string of the molecule is O=C(Nc1cc(F)c(N2CCCC2)c(F)c1)N[C@@H]1CCCCC[C@H]1CO. The van der Waals surface area contributed by atoms with Crippen LogP contribution in [0.3, 0.4) is 0 Å². The largest absolute Gasteiger partial charge is 0.396 e. The van der Waals surface area contributed by atoms with E-state index in [1.54, 1.807) is 4.90 Å². The summed E-state index contributed by atoms with van der Waals surface area (Å²) in [7, 11) is 0. The first-order valence-corrected chi connectivity index (χ1v) is 9.51. The molecule has 0 bridgehead atoms. The minimum Gasteiger partial charge on any atom is -0.396 e. The van der Waals surface area contributed by atoms with Crippen LogP contribution in [-0.4, -0.2) is 36.9 Å². The van der Waals surface area contributed by atoms with Crippen LogP contribution in [0.2, 0.25) is 0 Å². The summed E-state index contributed by atoms with van der Waals surface area (Å²) in [6, 6.07) is 1.70. The van der Waals surface area contributed by atoms with Gasteiger partial charge < -0.3 is 20.6 Å². The van der Waals surface area contributed by atoms with Gasteiger partial charge in [-0.3, -0.25) is 0 Å². The zero-order valence-corrected chi connectivity index (χ0v) is 14.9. The van der Waals surface area contributed by atoms with Crippen molar-refractivity contribution in [1.29, 1.82) is 0 Å². The Morgan fingerprint density at radius 3 is 2.38 bits per heavy atom. The van der Waals surface area contributed by atoms with Crippen molar-refractivity contribution in [1.82, 2.24) is 5.32 Å². The van der Waals surface area contributed by atoms with Gasteiger partial charge in [0.25, 0.3) is 0 Å². The third kappa shape index (κ3) is 4.44. The van der Waals surface area contributed by atoms with Gasteiger partial charge >= 0.3 is 6.03 Å². The average Bonchev–Trinajstić information content (AvgIpc) is 3.01. The van der Waals surface area contributed by atoms with Crippen LogP contribution in [0.15, 0.2) is 12.1 Å². The maximum atomic E-state index is 14.4. The maximum Gasteiger partial charge on any atom is 0.319 e. The van der Waals surface area contributed by atoms with E-state index in [0.29, 0.717) is 13.1 Å². The number of halogens is 2. The van der Waals surface area contributed by atoms with E-state index in [1.165, 1.54) is 0 Å². The van der Waals surface area contributed by atoms with E-state index in [-0.39, 0.29) is 29.9 Å². The Labute approximate surface area is 152 Å². The Morgan fingerprint density at radius 1 is 1.08 bits per heavy atom. The number of aliphatic hydroxyl groups excluding tert-OH is 1. The highest BCUT2D eigenvalue weighted by molar-refractivity contribution is 5.89. The predicted octanol–water partition coefficient (Wildman–Crippen LogP) is 3.63. The summed E-state index contributed by atoms with van der Waals surface area (Å²) < 4.78 is 28.7. The highest BCUT2D eigenvalue weighted by atomic mass is 19.1. The average molecular weight is 367 g/mol. The normalized spacial score (nSPS) is 23.6. The van der Waals surface area contributed by atoms with Crippen LogP contribution in [0.4, 0.5) is 25.0 Å². The van der Waals surface area contributed by atoms with Gasteiger partial charge in [0.15, 0.2) is 11.6 Å². The third-order valence-electron chi connectivity index (χ3n) is 5.41. The minimum absolute atomic E-state index is 0.0161. The van der Waals surface area contributed by atoms with E-state index in [1.807, 2.05) is 0 Å². The first-order chi connectivity index (χ1) is 12.6. The van der Waals surface area contributed by atoms with E-state index in [2.05, 4.69) is 10.6 Å². The number of urea groups is 1. The van der Waals surface area contributed by atoms with Gasteiger partial charge in [-0.15, -0.1) is 0 Å². The van der Waals surface area contributed by atoms with Crippen LogP contribution in [-0.2, 0) is 0 Å². The highest BCUT2D eigenvalue weighted by Crippen LogP contribution is 2.30. The van der Waals surface area contributed by atoms with E-state index >= 15 is 0 Å². The van der Waals surface area contributed by atoms with Gasteiger partial charge in [0.05, 0.1) is 0 Å². The zero-order valence-electron chi connectivity index (χ0n) is 14.9. The molecule has 3 N–H and O–H groups in total.